The average molecular weight is 166 g/mol. The summed E-state index contributed by atoms with van der Waals surface area (Å²) in [6.07, 6.45) is -0.393. The molecule has 1 heterocycles. The molecule has 0 amide bonds. The number of carboxylic acid groups (broad SMARTS) is 1. The monoisotopic (exact) mass is 165 g/mol. The number of halogens is 1. The van der Waals surface area contributed by atoms with E-state index in [4.69, 9.17) is 22.0 Å². The molecule has 1 fully saturated rings. The molecule has 4 nitrogen and oxygen atoms in total. The van der Waals surface area contributed by atoms with Crippen LogP contribution in [0.1, 0.15) is 6.42 Å². The topological polar surface area (TPSA) is 60.8 Å². The Morgan fingerprint density at radius 2 is 2.30 bits per heavy atom. The van der Waals surface area contributed by atoms with Crippen LogP contribution in [0.2, 0.25) is 0 Å². The first-order valence-corrected chi connectivity index (χ1v) is 3.30. The SMILES string of the molecule is O=C(O)[C@@H]1C(O)CCN1Cl. The highest BCUT2D eigenvalue weighted by Crippen LogP contribution is 2.19. The van der Waals surface area contributed by atoms with Crippen LogP contribution in [0.3, 0.4) is 0 Å². The summed E-state index contributed by atoms with van der Waals surface area (Å²) >= 11 is 5.46. The van der Waals surface area contributed by atoms with E-state index in [-0.39, 0.29) is 0 Å². The zero-order valence-electron chi connectivity index (χ0n) is 5.20. The van der Waals surface area contributed by atoms with Crippen LogP contribution in [-0.4, -0.2) is 39.3 Å². The van der Waals surface area contributed by atoms with Crippen molar-refractivity contribution in [3.05, 3.63) is 0 Å². The van der Waals surface area contributed by atoms with Crippen molar-refractivity contribution in [2.45, 2.75) is 18.6 Å². The molecule has 1 rings (SSSR count). The van der Waals surface area contributed by atoms with Crippen LogP contribution < -0.4 is 0 Å². The molecule has 1 aliphatic rings. The van der Waals surface area contributed by atoms with E-state index in [1.807, 2.05) is 0 Å². The van der Waals surface area contributed by atoms with Gasteiger partial charge in [0, 0.05) is 6.54 Å². The molecule has 1 aliphatic heterocycles. The van der Waals surface area contributed by atoms with Crippen molar-refractivity contribution in [1.82, 2.24) is 4.42 Å². The molecule has 0 saturated carbocycles. The summed E-state index contributed by atoms with van der Waals surface area (Å²) in [6, 6.07) is -0.929. The number of nitrogens with zero attached hydrogens (tertiary/aromatic N) is 1. The number of aliphatic hydroxyl groups is 1. The van der Waals surface area contributed by atoms with Gasteiger partial charge in [0.15, 0.2) is 0 Å². The first-order chi connectivity index (χ1) is 4.63. The molecule has 0 aromatic carbocycles. The Balaban J connectivity index is 2.63. The number of hydrogen-bond acceptors (Lipinski definition) is 3. The van der Waals surface area contributed by atoms with Crippen LogP contribution in [0, 0.1) is 0 Å². The largest absolute Gasteiger partial charge is 0.480 e. The maximum Gasteiger partial charge on any atom is 0.324 e. The summed E-state index contributed by atoms with van der Waals surface area (Å²) in [5, 5.41) is 17.5. The Hall–Kier alpha value is -0.320. The molecule has 0 aromatic rings. The number of aliphatic carboxylic acids is 1. The second kappa shape index (κ2) is 2.74. The second-order valence-electron chi connectivity index (χ2n) is 2.26. The minimum Gasteiger partial charge on any atom is -0.480 e. The van der Waals surface area contributed by atoms with Crippen molar-refractivity contribution in [2.75, 3.05) is 6.54 Å². The molecule has 5 heteroatoms. The van der Waals surface area contributed by atoms with Gasteiger partial charge in [-0.3, -0.25) is 4.79 Å². The molecular weight excluding hydrogens is 158 g/mol. The van der Waals surface area contributed by atoms with Gasteiger partial charge >= 0.3 is 5.97 Å². The highest BCUT2D eigenvalue weighted by atomic mass is 35.5. The summed E-state index contributed by atoms with van der Waals surface area (Å²) in [6.45, 7) is 0.430. The highest BCUT2D eigenvalue weighted by molar-refractivity contribution is 6.15. The molecule has 2 atom stereocenters. The number of aliphatic hydroxyl groups excluding tert-OH is 1. The van der Waals surface area contributed by atoms with E-state index < -0.39 is 18.1 Å². The normalized spacial score (nSPS) is 34.6. The minimum atomic E-state index is -1.07. The standard InChI is InChI=1S/C5H8ClNO3/c6-7-2-1-3(8)4(7)5(9)10/h3-4,8H,1-2H2,(H,9,10)/t3?,4-/m0/s1. The fraction of sp³-hybridized carbons (Fsp3) is 0.800. The number of carboxylic acids is 1. The van der Waals surface area contributed by atoms with Crippen LogP contribution in [0.25, 0.3) is 0 Å². The van der Waals surface area contributed by atoms with Crippen LogP contribution >= 0.6 is 11.8 Å². The Kier molecular flexibility index (Phi) is 2.13. The van der Waals surface area contributed by atoms with Crippen molar-refractivity contribution >= 4 is 17.7 Å². The van der Waals surface area contributed by atoms with Gasteiger partial charge in [-0.1, -0.05) is 0 Å². The molecule has 1 unspecified atom stereocenters. The third kappa shape index (κ3) is 1.23. The molecule has 2 N–H and O–H groups in total. The lowest BCUT2D eigenvalue weighted by Gasteiger charge is -2.13. The summed E-state index contributed by atoms with van der Waals surface area (Å²) in [5.74, 6) is -1.07. The first-order valence-electron chi connectivity index (χ1n) is 2.96. The highest BCUT2D eigenvalue weighted by Gasteiger charge is 2.37. The van der Waals surface area contributed by atoms with E-state index in [0.717, 1.165) is 4.42 Å². The van der Waals surface area contributed by atoms with Gasteiger partial charge < -0.3 is 10.2 Å². The van der Waals surface area contributed by atoms with Gasteiger partial charge in [-0.05, 0) is 18.2 Å². The molecule has 58 valence electrons. The predicted molar refractivity (Wildman–Crippen MR) is 34.6 cm³/mol. The zero-order valence-corrected chi connectivity index (χ0v) is 5.95. The average Bonchev–Trinajstić information content (AvgIpc) is 2.11. The summed E-state index contributed by atoms with van der Waals surface area (Å²) in [5.41, 5.74) is 0. The lowest BCUT2D eigenvalue weighted by Crippen LogP contribution is -2.36. The van der Waals surface area contributed by atoms with Crippen molar-refractivity contribution in [3.63, 3.8) is 0 Å². The molecule has 0 bridgehead atoms. The quantitative estimate of drug-likeness (QED) is 0.522. The van der Waals surface area contributed by atoms with E-state index in [0.29, 0.717) is 13.0 Å². The van der Waals surface area contributed by atoms with Gasteiger partial charge in [0.25, 0.3) is 0 Å². The lowest BCUT2D eigenvalue weighted by molar-refractivity contribution is -0.143. The number of rotatable bonds is 1. The van der Waals surface area contributed by atoms with Crippen LogP contribution in [-0.2, 0) is 4.79 Å². The molecular formula is C5H8ClNO3. The molecule has 1 saturated heterocycles. The molecule has 0 aromatic heterocycles. The van der Waals surface area contributed by atoms with Crippen molar-refractivity contribution in [3.8, 4) is 0 Å². The second-order valence-corrected chi connectivity index (χ2v) is 2.70. The van der Waals surface area contributed by atoms with Gasteiger partial charge in [0.1, 0.15) is 6.04 Å². The molecule has 0 radical (unpaired) electrons. The maximum absolute atomic E-state index is 10.3. The van der Waals surface area contributed by atoms with E-state index in [1.165, 1.54) is 0 Å². The smallest absolute Gasteiger partial charge is 0.324 e. The Bertz CT molecular complexity index is 142. The van der Waals surface area contributed by atoms with Gasteiger partial charge in [0.05, 0.1) is 6.10 Å². The Morgan fingerprint density at radius 1 is 1.70 bits per heavy atom. The van der Waals surface area contributed by atoms with Crippen molar-refractivity contribution in [2.24, 2.45) is 0 Å². The van der Waals surface area contributed by atoms with Gasteiger partial charge in [-0.25, -0.2) is 4.42 Å². The van der Waals surface area contributed by atoms with Crippen LogP contribution in [0.4, 0.5) is 0 Å². The maximum atomic E-state index is 10.3. The first kappa shape index (κ1) is 7.78. The third-order valence-corrected chi connectivity index (χ3v) is 1.94. The lowest BCUT2D eigenvalue weighted by atomic mass is 10.2. The van der Waals surface area contributed by atoms with E-state index in [2.05, 4.69) is 0 Å². The predicted octanol–water partition coefficient (Wildman–Crippen LogP) is -0.340. The summed E-state index contributed by atoms with van der Waals surface area (Å²) < 4.78 is 1.12. The van der Waals surface area contributed by atoms with E-state index in [1.54, 1.807) is 0 Å². The van der Waals surface area contributed by atoms with E-state index in [9.17, 15) is 4.79 Å². The molecule has 0 spiro atoms. The van der Waals surface area contributed by atoms with E-state index >= 15 is 0 Å². The fourth-order valence-corrected chi connectivity index (χ4v) is 1.33. The van der Waals surface area contributed by atoms with Crippen LogP contribution in [0.15, 0.2) is 0 Å². The van der Waals surface area contributed by atoms with Gasteiger partial charge in [-0.15, -0.1) is 0 Å². The zero-order chi connectivity index (χ0) is 7.72. The Morgan fingerprint density at radius 3 is 2.50 bits per heavy atom. The Labute approximate surface area is 63.1 Å². The van der Waals surface area contributed by atoms with Gasteiger partial charge in [-0.2, -0.15) is 0 Å². The minimum absolute atomic E-state index is 0.430. The van der Waals surface area contributed by atoms with Crippen molar-refractivity contribution in [1.29, 1.82) is 0 Å². The number of hydrogen-bond donors (Lipinski definition) is 2. The van der Waals surface area contributed by atoms with Crippen molar-refractivity contribution < 1.29 is 15.0 Å². The third-order valence-electron chi connectivity index (χ3n) is 1.56. The van der Waals surface area contributed by atoms with Gasteiger partial charge in [0.2, 0.25) is 0 Å². The molecule has 0 aliphatic carbocycles. The summed E-state index contributed by atoms with van der Waals surface area (Å²) in [4.78, 5) is 10.3. The number of carbonyl (C=O) groups is 1. The fourth-order valence-electron chi connectivity index (χ4n) is 1.02. The van der Waals surface area contributed by atoms with Crippen LogP contribution in [0.5, 0.6) is 0 Å². The molecule has 10 heavy (non-hydrogen) atoms. The summed E-state index contributed by atoms with van der Waals surface area (Å²) in [7, 11) is 0.